The van der Waals surface area contributed by atoms with E-state index >= 15 is 0 Å². The zero-order chi connectivity index (χ0) is 17.7. The molecule has 1 aliphatic carbocycles. The van der Waals surface area contributed by atoms with Gasteiger partial charge in [0.15, 0.2) is 5.43 Å². The smallest absolute Gasteiger partial charge is 0.182 e. The number of hydrogen-bond donors (Lipinski definition) is 1. The third kappa shape index (κ3) is 2.25. The molecule has 2 aliphatic rings. The SMILES string of the molecule is O=c1ccc2c(-c3ccccc3)c3cc4ccc(O)cc4cc3oc-2c1. The lowest BCUT2D eigenvalue weighted by atomic mass is 9.92. The molecule has 0 saturated carbocycles. The number of phenols is 1. The number of phenolic OH excluding ortho intramolecular Hbond substituents is 1. The van der Waals surface area contributed by atoms with Gasteiger partial charge in [-0.3, -0.25) is 4.79 Å². The van der Waals surface area contributed by atoms with Crippen LogP contribution >= 0.6 is 0 Å². The van der Waals surface area contributed by atoms with Crippen LogP contribution in [0.25, 0.3) is 44.2 Å². The summed E-state index contributed by atoms with van der Waals surface area (Å²) in [4.78, 5) is 11.8. The molecule has 3 nitrogen and oxygen atoms in total. The first-order valence-electron chi connectivity index (χ1n) is 8.38. The van der Waals surface area contributed by atoms with Gasteiger partial charge in [-0.05, 0) is 52.7 Å². The molecule has 3 aromatic carbocycles. The van der Waals surface area contributed by atoms with E-state index in [1.54, 1.807) is 18.2 Å². The Hall–Kier alpha value is -3.59. The van der Waals surface area contributed by atoms with E-state index in [1.807, 2.05) is 36.4 Å². The Balaban J connectivity index is 2.00. The van der Waals surface area contributed by atoms with Crippen molar-refractivity contribution in [3.63, 3.8) is 0 Å². The second kappa shape index (κ2) is 5.46. The van der Waals surface area contributed by atoms with Crippen molar-refractivity contribution in [1.29, 1.82) is 0 Å². The van der Waals surface area contributed by atoms with Gasteiger partial charge < -0.3 is 9.52 Å². The minimum atomic E-state index is -0.0851. The molecule has 0 saturated heterocycles. The number of rotatable bonds is 1. The van der Waals surface area contributed by atoms with Crippen LogP contribution in [0.1, 0.15) is 0 Å². The number of fused-ring (bicyclic) bond motifs is 3. The summed E-state index contributed by atoms with van der Waals surface area (Å²) < 4.78 is 6.06. The maximum Gasteiger partial charge on any atom is 0.182 e. The van der Waals surface area contributed by atoms with E-state index in [0.29, 0.717) is 11.3 Å². The minimum absolute atomic E-state index is 0.0851. The standard InChI is InChI=1S/C23H14O3/c24-17-7-6-15-11-20-21(12-16(15)10-17)26-22-13-18(25)8-9-19(22)23(20)14-4-2-1-3-5-14/h1-13,24H. The van der Waals surface area contributed by atoms with Crippen LogP contribution in [0.3, 0.4) is 0 Å². The highest BCUT2D eigenvalue weighted by Crippen LogP contribution is 2.41. The summed E-state index contributed by atoms with van der Waals surface area (Å²) in [5, 5.41) is 12.6. The molecule has 0 unspecified atom stereocenters. The van der Waals surface area contributed by atoms with E-state index in [1.165, 1.54) is 6.07 Å². The van der Waals surface area contributed by atoms with Gasteiger partial charge >= 0.3 is 0 Å². The van der Waals surface area contributed by atoms with E-state index < -0.39 is 0 Å². The molecule has 3 aromatic rings. The highest BCUT2D eigenvalue weighted by molar-refractivity contribution is 6.07. The molecule has 1 aliphatic heterocycles. The van der Waals surface area contributed by atoms with Crippen LogP contribution in [-0.4, -0.2) is 5.11 Å². The van der Waals surface area contributed by atoms with Crippen LogP contribution < -0.4 is 5.43 Å². The Morgan fingerprint density at radius 3 is 2.46 bits per heavy atom. The highest BCUT2D eigenvalue weighted by Gasteiger charge is 2.17. The molecular weight excluding hydrogens is 324 g/mol. The van der Waals surface area contributed by atoms with Crippen molar-refractivity contribution in [2.45, 2.75) is 0 Å². The Bertz CT molecular complexity index is 1300. The number of aromatic hydroxyl groups is 1. The molecule has 0 amide bonds. The molecule has 3 heteroatoms. The van der Waals surface area contributed by atoms with Crippen molar-refractivity contribution in [3.05, 3.63) is 89.1 Å². The fourth-order valence-corrected chi connectivity index (χ4v) is 3.52. The van der Waals surface area contributed by atoms with E-state index in [-0.39, 0.29) is 11.2 Å². The molecule has 0 spiro atoms. The van der Waals surface area contributed by atoms with Crippen molar-refractivity contribution in [3.8, 4) is 28.2 Å². The van der Waals surface area contributed by atoms with Crippen LogP contribution in [0.2, 0.25) is 0 Å². The molecule has 124 valence electrons. The molecule has 0 radical (unpaired) electrons. The third-order valence-corrected chi connectivity index (χ3v) is 4.70. The largest absolute Gasteiger partial charge is 0.508 e. The van der Waals surface area contributed by atoms with Crippen molar-refractivity contribution < 1.29 is 9.52 Å². The summed E-state index contributed by atoms with van der Waals surface area (Å²) in [5.41, 5.74) is 3.60. The minimum Gasteiger partial charge on any atom is -0.508 e. The molecule has 0 aromatic heterocycles. The van der Waals surface area contributed by atoms with Gasteiger partial charge in [-0.25, -0.2) is 0 Å². The third-order valence-electron chi connectivity index (χ3n) is 4.70. The van der Waals surface area contributed by atoms with Crippen LogP contribution in [-0.2, 0) is 0 Å². The first-order chi connectivity index (χ1) is 12.7. The van der Waals surface area contributed by atoms with Crippen LogP contribution in [0.4, 0.5) is 0 Å². The van der Waals surface area contributed by atoms with Crippen molar-refractivity contribution in [2.24, 2.45) is 0 Å². The molecule has 5 rings (SSSR count). The maximum absolute atomic E-state index is 11.8. The normalized spacial score (nSPS) is 11.4. The lowest BCUT2D eigenvalue weighted by Gasteiger charge is -2.15. The first kappa shape index (κ1) is 14.7. The lowest BCUT2D eigenvalue weighted by Crippen LogP contribution is -1.99. The summed E-state index contributed by atoms with van der Waals surface area (Å²) in [6.07, 6.45) is 0. The summed E-state index contributed by atoms with van der Waals surface area (Å²) in [7, 11) is 0. The summed E-state index contributed by atoms with van der Waals surface area (Å²) in [6, 6.07) is 24.3. The predicted octanol–water partition coefficient (Wildman–Crippen LogP) is 5.42. The summed E-state index contributed by atoms with van der Waals surface area (Å²) in [5.74, 6) is 0.770. The van der Waals surface area contributed by atoms with Gasteiger partial charge in [0, 0.05) is 22.6 Å². The average molecular weight is 338 g/mol. The van der Waals surface area contributed by atoms with E-state index in [0.717, 1.165) is 32.8 Å². The second-order valence-electron chi connectivity index (χ2n) is 6.38. The van der Waals surface area contributed by atoms with Gasteiger partial charge in [-0.15, -0.1) is 0 Å². The van der Waals surface area contributed by atoms with Gasteiger partial charge in [0.2, 0.25) is 0 Å². The predicted molar refractivity (Wildman–Crippen MR) is 104 cm³/mol. The van der Waals surface area contributed by atoms with Gasteiger partial charge in [0.05, 0.1) is 0 Å². The van der Waals surface area contributed by atoms with Gasteiger partial charge in [0.1, 0.15) is 17.1 Å². The van der Waals surface area contributed by atoms with E-state index in [4.69, 9.17) is 4.42 Å². The summed E-state index contributed by atoms with van der Waals surface area (Å²) in [6.45, 7) is 0. The quantitative estimate of drug-likeness (QED) is 0.415. The highest BCUT2D eigenvalue weighted by atomic mass is 16.3. The number of hydrogen-bond acceptors (Lipinski definition) is 3. The average Bonchev–Trinajstić information content (AvgIpc) is 2.65. The van der Waals surface area contributed by atoms with Gasteiger partial charge in [-0.1, -0.05) is 36.4 Å². The van der Waals surface area contributed by atoms with E-state index in [9.17, 15) is 9.90 Å². The second-order valence-corrected chi connectivity index (χ2v) is 6.38. The fourth-order valence-electron chi connectivity index (χ4n) is 3.52. The fraction of sp³-hybridized carbons (Fsp3) is 0. The van der Waals surface area contributed by atoms with Crippen molar-refractivity contribution in [1.82, 2.24) is 0 Å². The molecule has 26 heavy (non-hydrogen) atoms. The molecule has 0 atom stereocenters. The Labute approximate surface area is 149 Å². The topological polar surface area (TPSA) is 50.4 Å². The number of benzene rings is 4. The lowest BCUT2D eigenvalue weighted by molar-refractivity contribution is 0.476. The van der Waals surface area contributed by atoms with Crippen molar-refractivity contribution >= 4 is 21.7 Å². The molecule has 0 fully saturated rings. The zero-order valence-electron chi connectivity index (χ0n) is 13.8. The van der Waals surface area contributed by atoms with Crippen LogP contribution in [0.15, 0.2) is 88.1 Å². The first-order valence-corrected chi connectivity index (χ1v) is 8.38. The van der Waals surface area contributed by atoms with Crippen molar-refractivity contribution in [2.75, 3.05) is 0 Å². The Morgan fingerprint density at radius 2 is 1.62 bits per heavy atom. The zero-order valence-corrected chi connectivity index (χ0v) is 13.8. The monoisotopic (exact) mass is 338 g/mol. The molecule has 0 bridgehead atoms. The van der Waals surface area contributed by atoms with Crippen LogP contribution in [0, 0.1) is 0 Å². The Morgan fingerprint density at radius 1 is 0.769 bits per heavy atom. The van der Waals surface area contributed by atoms with Crippen LogP contribution in [0.5, 0.6) is 5.75 Å². The van der Waals surface area contributed by atoms with Gasteiger partial charge in [-0.2, -0.15) is 0 Å². The van der Waals surface area contributed by atoms with E-state index in [2.05, 4.69) is 18.2 Å². The summed E-state index contributed by atoms with van der Waals surface area (Å²) >= 11 is 0. The molecule has 1 heterocycles. The molecular formula is C23H14O3. The molecule has 1 N–H and O–H groups in total. The Kier molecular flexibility index (Phi) is 3.09. The van der Waals surface area contributed by atoms with Gasteiger partial charge in [0.25, 0.3) is 0 Å². The maximum atomic E-state index is 11.8.